The first kappa shape index (κ1) is 18.6. The van der Waals surface area contributed by atoms with Crippen molar-refractivity contribution in [3.8, 4) is 0 Å². The fraction of sp³-hybridized carbons (Fsp3) is 0.231. The maximum Gasteiger partial charge on any atom is 0.251 e. The Balaban J connectivity index is 1.25. The summed E-state index contributed by atoms with van der Waals surface area (Å²) >= 11 is 0. The van der Waals surface area contributed by atoms with Crippen LogP contribution in [-0.4, -0.2) is 24.9 Å². The largest absolute Gasteiger partial charge is 0.354 e. The van der Waals surface area contributed by atoms with Crippen LogP contribution in [0.15, 0.2) is 78.9 Å². The summed E-state index contributed by atoms with van der Waals surface area (Å²) in [4.78, 5) is 24.5. The van der Waals surface area contributed by atoms with Crippen LogP contribution in [-0.2, 0) is 4.79 Å². The fourth-order valence-corrected chi connectivity index (χ4v) is 5.12. The molecule has 4 nitrogen and oxygen atoms in total. The van der Waals surface area contributed by atoms with Crippen molar-refractivity contribution in [2.45, 2.75) is 18.3 Å². The van der Waals surface area contributed by atoms with E-state index in [1.807, 2.05) is 18.2 Å². The minimum absolute atomic E-state index is 0.0122. The maximum atomic E-state index is 12.4. The third kappa shape index (κ3) is 3.28. The van der Waals surface area contributed by atoms with Gasteiger partial charge in [0.15, 0.2) is 0 Å². The molecule has 3 aromatic carbocycles. The molecule has 0 heterocycles. The van der Waals surface area contributed by atoms with Gasteiger partial charge in [-0.25, -0.2) is 0 Å². The number of rotatable bonds is 5. The third-order valence-corrected chi connectivity index (χ3v) is 6.43. The summed E-state index contributed by atoms with van der Waals surface area (Å²) in [6, 6.07) is 26.4. The molecular formula is C26H24N2O2. The summed E-state index contributed by atoms with van der Waals surface area (Å²) in [5.41, 5.74) is 6.20. The van der Waals surface area contributed by atoms with Gasteiger partial charge >= 0.3 is 0 Å². The van der Waals surface area contributed by atoms with Gasteiger partial charge in [0, 0.05) is 23.9 Å². The lowest BCUT2D eigenvalue weighted by Gasteiger charge is -2.45. The highest BCUT2D eigenvalue weighted by molar-refractivity contribution is 5.96. The number of hydrogen-bond acceptors (Lipinski definition) is 2. The summed E-state index contributed by atoms with van der Waals surface area (Å²) in [6.07, 6.45) is 1.04. The van der Waals surface area contributed by atoms with Crippen molar-refractivity contribution in [2.75, 3.05) is 13.1 Å². The molecule has 0 saturated heterocycles. The van der Waals surface area contributed by atoms with Crippen molar-refractivity contribution in [2.24, 2.45) is 5.92 Å². The Morgan fingerprint density at radius 2 is 1.30 bits per heavy atom. The molecule has 0 aromatic heterocycles. The highest BCUT2D eigenvalue weighted by Gasteiger charge is 2.42. The third-order valence-electron chi connectivity index (χ3n) is 6.43. The van der Waals surface area contributed by atoms with Crippen LogP contribution in [0.3, 0.4) is 0 Å². The minimum Gasteiger partial charge on any atom is -0.354 e. The molecule has 150 valence electrons. The molecule has 0 radical (unpaired) electrons. The standard InChI is InChI=1S/C26H24N2O2/c29-24(16-28-26(30)17-8-2-1-3-9-17)27-15-18-14-23-19-10-4-6-12-21(19)25(18)22-13-7-5-11-20(22)23/h1-13,18,23,25H,14-16H2,(H,27,29)(H,28,30)/t18-,23?,25?/m0/s1. The first-order valence-electron chi connectivity index (χ1n) is 10.5. The summed E-state index contributed by atoms with van der Waals surface area (Å²) < 4.78 is 0. The van der Waals surface area contributed by atoms with Crippen molar-refractivity contribution in [1.29, 1.82) is 0 Å². The summed E-state index contributed by atoms with van der Waals surface area (Å²) in [5.74, 6) is 0.671. The molecule has 3 aromatic rings. The number of hydrogen-bond donors (Lipinski definition) is 2. The second kappa shape index (κ2) is 7.79. The Hall–Kier alpha value is -3.40. The van der Waals surface area contributed by atoms with Crippen LogP contribution < -0.4 is 10.6 Å². The van der Waals surface area contributed by atoms with Crippen LogP contribution in [0.2, 0.25) is 0 Å². The summed E-state index contributed by atoms with van der Waals surface area (Å²) in [5, 5.41) is 5.75. The zero-order valence-corrected chi connectivity index (χ0v) is 16.7. The Morgan fingerprint density at radius 3 is 1.93 bits per heavy atom. The molecular weight excluding hydrogens is 372 g/mol. The van der Waals surface area contributed by atoms with Crippen molar-refractivity contribution >= 4 is 11.8 Å². The van der Waals surface area contributed by atoms with Gasteiger partial charge in [-0.3, -0.25) is 9.59 Å². The molecule has 0 unspecified atom stereocenters. The lowest BCUT2D eigenvalue weighted by Crippen LogP contribution is -2.42. The fourth-order valence-electron chi connectivity index (χ4n) is 5.12. The van der Waals surface area contributed by atoms with Crippen LogP contribution in [0, 0.1) is 5.92 Å². The van der Waals surface area contributed by atoms with Gasteiger partial charge in [0.2, 0.25) is 5.91 Å². The smallest absolute Gasteiger partial charge is 0.251 e. The Bertz CT molecular complexity index is 1050. The first-order chi connectivity index (χ1) is 14.7. The zero-order chi connectivity index (χ0) is 20.5. The first-order valence-corrected chi connectivity index (χ1v) is 10.5. The Labute approximate surface area is 176 Å². The van der Waals surface area contributed by atoms with E-state index in [4.69, 9.17) is 0 Å². The van der Waals surface area contributed by atoms with E-state index < -0.39 is 0 Å². The number of nitrogens with one attached hydrogen (secondary N) is 2. The van der Waals surface area contributed by atoms with Gasteiger partial charge in [0.05, 0.1) is 6.54 Å². The van der Waals surface area contributed by atoms with E-state index >= 15 is 0 Å². The molecule has 4 heteroatoms. The molecule has 3 aliphatic rings. The van der Waals surface area contributed by atoms with Gasteiger partial charge in [0.1, 0.15) is 0 Å². The van der Waals surface area contributed by atoms with Gasteiger partial charge in [-0.2, -0.15) is 0 Å². The monoisotopic (exact) mass is 396 g/mol. The molecule has 30 heavy (non-hydrogen) atoms. The topological polar surface area (TPSA) is 58.2 Å². The van der Waals surface area contributed by atoms with Crippen molar-refractivity contribution in [1.82, 2.24) is 10.6 Å². The molecule has 0 spiro atoms. The van der Waals surface area contributed by atoms with Gasteiger partial charge in [0.25, 0.3) is 5.91 Å². The highest BCUT2D eigenvalue weighted by Crippen LogP contribution is 2.55. The van der Waals surface area contributed by atoms with E-state index in [0.29, 0.717) is 29.9 Å². The molecule has 0 saturated carbocycles. The molecule has 6 rings (SSSR count). The van der Waals surface area contributed by atoms with E-state index in [1.165, 1.54) is 22.3 Å². The average molecular weight is 396 g/mol. The normalized spacial score (nSPS) is 20.7. The number of carbonyl (C=O) groups is 2. The maximum absolute atomic E-state index is 12.4. The van der Waals surface area contributed by atoms with Gasteiger partial charge in [-0.1, -0.05) is 66.7 Å². The quantitative estimate of drug-likeness (QED) is 0.689. The van der Waals surface area contributed by atoms with Crippen LogP contribution in [0.25, 0.3) is 0 Å². The van der Waals surface area contributed by atoms with Gasteiger partial charge < -0.3 is 10.6 Å². The molecule has 2 amide bonds. The van der Waals surface area contributed by atoms with Crippen molar-refractivity contribution < 1.29 is 9.59 Å². The molecule has 2 N–H and O–H groups in total. The van der Waals surface area contributed by atoms with Gasteiger partial charge in [-0.05, 0) is 46.7 Å². The highest BCUT2D eigenvalue weighted by atomic mass is 16.2. The molecule has 1 atom stereocenters. The second-order valence-corrected chi connectivity index (χ2v) is 8.14. The Kier molecular flexibility index (Phi) is 4.83. The van der Waals surface area contributed by atoms with Crippen LogP contribution in [0.4, 0.5) is 0 Å². The van der Waals surface area contributed by atoms with Crippen LogP contribution in [0.5, 0.6) is 0 Å². The lowest BCUT2D eigenvalue weighted by molar-refractivity contribution is -0.120. The van der Waals surface area contributed by atoms with Crippen molar-refractivity contribution in [3.05, 3.63) is 107 Å². The molecule has 3 aliphatic carbocycles. The van der Waals surface area contributed by atoms with E-state index in [9.17, 15) is 9.59 Å². The van der Waals surface area contributed by atoms with Crippen LogP contribution >= 0.6 is 0 Å². The van der Waals surface area contributed by atoms with E-state index in [0.717, 1.165) is 6.42 Å². The predicted octanol–water partition coefficient (Wildman–Crippen LogP) is 3.83. The van der Waals surface area contributed by atoms with Crippen molar-refractivity contribution in [3.63, 3.8) is 0 Å². The number of carbonyl (C=O) groups excluding carboxylic acids is 2. The molecule has 0 aliphatic heterocycles. The Morgan fingerprint density at radius 1 is 0.733 bits per heavy atom. The minimum atomic E-state index is -0.231. The lowest BCUT2D eigenvalue weighted by atomic mass is 9.59. The van der Waals surface area contributed by atoms with E-state index in [-0.39, 0.29) is 18.4 Å². The van der Waals surface area contributed by atoms with Gasteiger partial charge in [-0.15, -0.1) is 0 Å². The average Bonchev–Trinajstić information content (AvgIpc) is 2.82. The van der Waals surface area contributed by atoms with Crippen LogP contribution in [0.1, 0.15) is 50.9 Å². The second-order valence-electron chi connectivity index (χ2n) is 8.14. The summed E-state index contributed by atoms with van der Waals surface area (Å²) in [7, 11) is 0. The van der Waals surface area contributed by atoms with E-state index in [2.05, 4.69) is 59.2 Å². The van der Waals surface area contributed by atoms with E-state index in [1.54, 1.807) is 12.1 Å². The SMILES string of the molecule is O=C(CNC(=O)c1ccccc1)NC[C@@H]1CC2c3ccccc3C1c1ccccc12. The zero-order valence-electron chi connectivity index (χ0n) is 16.7. The number of benzene rings is 3. The predicted molar refractivity (Wildman–Crippen MR) is 116 cm³/mol. The number of amides is 2. The molecule has 0 fully saturated rings. The number of fused-ring (bicyclic) bond motifs is 1. The molecule has 2 bridgehead atoms. The summed E-state index contributed by atoms with van der Waals surface area (Å²) in [6.45, 7) is 0.603.